The van der Waals surface area contributed by atoms with E-state index in [1.807, 2.05) is 31.2 Å². The van der Waals surface area contributed by atoms with E-state index in [0.717, 1.165) is 24.2 Å². The molecule has 1 heterocycles. The SMILES string of the molecule is Cc1ccc(-c2noc3c2C(=O)CCC3)cc1. The second-order valence-electron chi connectivity index (χ2n) is 4.47. The molecule has 0 saturated heterocycles. The van der Waals surface area contributed by atoms with E-state index in [4.69, 9.17) is 4.52 Å². The van der Waals surface area contributed by atoms with E-state index < -0.39 is 0 Å². The minimum atomic E-state index is 0.156. The van der Waals surface area contributed by atoms with Crippen LogP contribution in [0.3, 0.4) is 0 Å². The maximum absolute atomic E-state index is 11.9. The van der Waals surface area contributed by atoms with Gasteiger partial charge in [-0.05, 0) is 13.3 Å². The molecule has 2 aromatic rings. The van der Waals surface area contributed by atoms with Crippen molar-refractivity contribution >= 4 is 5.78 Å². The van der Waals surface area contributed by atoms with Crippen LogP contribution >= 0.6 is 0 Å². The van der Waals surface area contributed by atoms with Crippen LogP contribution in [-0.4, -0.2) is 10.9 Å². The highest BCUT2D eigenvalue weighted by Crippen LogP contribution is 2.31. The summed E-state index contributed by atoms with van der Waals surface area (Å²) in [7, 11) is 0. The molecule has 0 amide bonds. The van der Waals surface area contributed by atoms with Gasteiger partial charge in [0.15, 0.2) is 5.78 Å². The summed E-state index contributed by atoms with van der Waals surface area (Å²) in [6.45, 7) is 2.03. The normalized spacial score (nSPS) is 14.8. The molecule has 1 aliphatic carbocycles. The Morgan fingerprint density at radius 1 is 1.18 bits per heavy atom. The topological polar surface area (TPSA) is 43.1 Å². The Bertz CT molecular complexity index is 566. The first-order chi connectivity index (χ1) is 8.25. The quantitative estimate of drug-likeness (QED) is 0.751. The van der Waals surface area contributed by atoms with Crippen LogP contribution in [-0.2, 0) is 6.42 Å². The van der Waals surface area contributed by atoms with Crippen LogP contribution in [0, 0.1) is 6.92 Å². The fraction of sp³-hybridized carbons (Fsp3) is 0.286. The Labute approximate surface area is 99.4 Å². The maximum atomic E-state index is 11.9. The van der Waals surface area contributed by atoms with Gasteiger partial charge in [-0.2, -0.15) is 0 Å². The van der Waals surface area contributed by atoms with Gasteiger partial charge in [0.25, 0.3) is 0 Å². The molecule has 0 saturated carbocycles. The summed E-state index contributed by atoms with van der Waals surface area (Å²) in [5.41, 5.74) is 3.54. The van der Waals surface area contributed by atoms with Crippen LogP contribution in [0.4, 0.5) is 0 Å². The molecule has 3 nitrogen and oxygen atoms in total. The second kappa shape index (κ2) is 3.84. The fourth-order valence-electron chi connectivity index (χ4n) is 2.23. The molecule has 1 aromatic carbocycles. The molecule has 0 atom stereocenters. The number of Topliss-reactive ketones (excluding diaryl/α,β-unsaturated/α-hetero) is 1. The Hall–Kier alpha value is -1.90. The molecule has 0 spiro atoms. The summed E-state index contributed by atoms with van der Waals surface area (Å²) in [5.74, 6) is 0.903. The van der Waals surface area contributed by atoms with Gasteiger partial charge >= 0.3 is 0 Å². The highest BCUT2D eigenvalue weighted by Gasteiger charge is 2.26. The highest BCUT2D eigenvalue weighted by molar-refractivity contribution is 6.03. The van der Waals surface area contributed by atoms with Crippen molar-refractivity contribution in [2.45, 2.75) is 26.2 Å². The predicted octanol–water partition coefficient (Wildman–Crippen LogP) is 3.17. The number of carbonyl (C=O) groups excluding carboxylic acids is 1. The van der Waals surface area contributed by atoms with E-state index in [9.17, 15) is 4.79 Å². The van der Waals surface area contributed by atoms with Gasteiger partial charge in [-0.25, -0.2) is 0 Å². The number of fused-ring (bicyclic) bond motifs is 1. The van der Waals surface area contributed by atoms with E-state index >= 15 is 0 Å². The van der Waals surface area contributed by atoms with E-state index in [1.54, 1.807) is 0 Å². The number of aryl methyl sites for hydroxylation is 2. The summed E-state index contributed by atoms with van der Waals surface area (Å²) < 4.78 is 5.27. The number of carbonyl (C=O) groups is 1. The monoisotopic (exact) mass is 227 g/mol. The lowest BCUT2D eigenvalue weighted by Gasteiger charge is -2.08. The number of aromatic nitrogens is 1. The van der Waals surface area contributed by atoms with Crippen molar-refractivity contribution in [2.24, 2.45) is 0 Å². The highest BCUT2D eigenvalue weighted by atomic mass is 16.5. The minimum absolute atomic E-state index is 0.156. The Kier molecular flexibility index (Phi) is 2.32. The molecule has 0 N–H and O–H groups in total. The standard InChI is InChI=1S/C14H13NO2/c1-9-5-7-10(8-6-9)14-13-11(16)3-2-4-12(13)17-15-14/h5-8H,2-4H2,1H3. The van der Waals surface area contributed by atoms with Crippen LogP contribution in [0.15, 0.2) is 28.8 Å². The van der Waals surface area contributed by atoms with Crippen molar-refractivity contribution in [2.75, 3.05) is 0 Å². The molecule has 17 heavy (non-hydrogen) atoms. The van der Waals surface area contributed by atoms with E-state index in [1.165, 1.54) is 5.56 Å². The molecule has 0 aliphatic heterocycles. The van der Waals surface area contributed by atoms with Crippen molar-refractivity contribution in [3.63, 3.8) is 0 Å². The second-order valence-corrected chi connectivity index (χ2v) is 4.47. The molecule has 0 unspecified atom stereocenters. The summed E-state index contributed by atoms with van der Waals surface area (Å²) in [4.78, 5) is 11.9. The van der Waals surface area contributed by atoms with Crippen LogP contribution < -0.4 is 0 Å². The summed E-state index contributed by atoms with van der Waals surface area (Å²) >= 11 is 0. The molecular weight excluding hydrogens is 214 g/mol. The molecule has 3 heteroatoms. The lowest BCUT2D eigenvalue weighted by molar-refractivity contribution is 0.0969. The van der Waals surface area contributed by atoms with Gasteiger partial charge in [0, 0.05) is 18.4 Å². The fourth-order valence-corrected chi connectivity index (χ4v) is 2.23. The van der Waals surface area contributed by atoms with Gasteiger partial charge in [-0.1, -0.05) is 35.0 Å². The zero-order chi connectivity index (χ0) is 11.8. The summed E-state index contributed by atoms with van der Waals surface area (Å²) in [6.07, 6.45) is 2.29. The largest absolute Gasteiger partial charge is 0.360 e. The molecule has 1 aliphatic rings. The molecule has 3 rings (SSSR count). The number of hydrogen-bond donors (Lipinski definition) is 0. The number of nitrogens with zero attached hydrogens (tertiary/aromatic N) is 1. The lowest BCUT2D eigenvalue weighted by Crippen LogP contribution is -2.09. The molecular formula is C14H13NO2. The van der Waals surface area contributed by atoms with Crippen LogP contribution in [0.25, 0.3) is 11.3 Å². The average molecular weight is 227 g/mol. The van der Waals surface area contributed by atoms with E-state index in [-0.39, 0.29) is 5.78 Å². The molecule has 1 aromatic heterocycles. The first-order valence-electron chi connectivity index (χ1n) is 5.84. The average Bonchev–Trinajstić information content (AvgIpc) is 2.75. The first kappa shape index (κ1) is 10.3. The number of benzene rings is 1. The Balaban J connectivity index is 2.12. The van der Waals surface area contributed by atoms with E-state index in [2.05, 4.69) is 5.16 Å². The molecule has 86 valence electrons. The summed E-state index contributed by atoms with van der Waals surface area (Å²) in [5, 5.41) is 4.05. The third kappa shape index (κ3) is 1.68. The van der Waals surface area contributed by atoms with Gasteiger partial charge in [-0.3, -0.25) is 4.79 Å². The zero-order valence-corrected chi connectivity index (χ0v) is 9.69. The third-order valence-electron chi connectivity index (χ3n) is 3.17. The van der Waals surface area contributed by atoms with Crippen LogP contribution in [0.2, 0.25) is 0 Å². The lowest BCUT2D eigenvalue weighted by atomic mass is 9.93. The van der Waals surface area contributed by atoms with Crippen molar-refractivity contribution in [1.82, 2.24) is 5.16 Å². The number of ketones is 1. The number of rotatable bonds is 1. The van der Waals surface area contributed by atoms with Crippen molar-refractivity contribution in [3.05, 3.63) is 41.2 Å². The third-order valence-corrected chi connectivity index (χ3v) is 3.17. The molecule has 0 fully saturated rings. The van der Waals surface area contributed by atoms with E-state index in [0.29, 0.717) is 17.7 Å². The zero-order valence-electron chi connectivity index (χ0n) is 9.69. The van der Waals surface area contributed by atoms with Gasteiger partial charge < -0.3 is 4.52 Å². The molecule has 0 bridgehead atoms. The maximum Gasteiger partial charge on any atom is 0.168 e. The molecule has 0 radical (unpaired) electrons. The number of hydrogen-bond acceptors (Lipinski definition) is 3. The van der Waals surface area contributed by atoms with Gasteiger partial charge in [0.1, 0.15) is 11.5 Å². The van der Waals surface area contributed by atoms with Crippen LogP contribution in [0.1, 0.15) is 34.5 Å². The predicted molar refractivity (Wildman–Crippen MR) is 63.9 cm³/mol. The minimum Gasteiger partial charge on any atom is -0.360 e. The van der Waals surface area contributed by atoms with Gasteiger partial charge in [0.2, 0.25) is 0 Å². The van der Waals surface area contributed by atoms with Crippen molar-refractivity contribution in [1.29, 1.82) is 0 Å². The smallest absolute Gasteiger partial charge is 0.168 e. The van der Waals surface area contributed by atoms with Gasteiger partial charge in [0.05, 0.1) is 5.56 Å². The van der Waals surface area contributed by atoms with Crippen molar-refractivity contribution in [3.8, 4) is 11.3 Å². The Morgan fingerprint density at radius 3 is 2.71 bits per heavy atom. The van der Waals surface area contributed by atoms with Gasteiger partial charge in [-0.15, -0.1) is 0 Å². The Morgan fingerprint density at radius 2 is 1.94 bits per heavy atom. The van der Waals surface area contributed by atoms with Crippen molar-refractivity contribution < 1.29 is 9.32 Å². The van der Waals surface area contributed by atoms with Crippen LogP contribution in [0.5, 0.6) is 0 Å². The first-order valence-corrected chi connectivity index (χ1v) is 5.84. The summed E-state index contributed by atoms with van der Waals surface area (Å²) in [6, 6.07) is 8.00.